The highest BCUT2D eigenvalue weighted by Crippen LogP contribution is 2.26. The highest BCUT2D eigenvalue weighted by Gasteiger charge is 2.16. The zero-order chi connectivity index (χ0) is 15.1. The Morgan fingerprint density at radius 2 is 1.90 bits per heavy atom. The van der Waals surface area contributed by atoms with Crippen molar-refractivity contribution in [3.8, 4) is 0 Å². The number of halogens is 1. The lowest BCUT2D eigenvalue weighted by Gasteiger charge is -2.26. The van der Waals surface area contributed by atoms with Crippen LogP contribution in [0, 0.1) is 0 Å². The summed E-state index contributed by atoms with van der Waals surface area (Å²) in [6, 6.07) is 7.40. The normalized spacial score (nSPS) is 14.8. The van der Waals surface area contributed by atoms with E-state index >= 15 is 0 Å². The third-order valence-electron chi connectivity index (χ3n) is 3.34. The summed E-state index contributed by atoms with van der Waals surface area (Å²) in [6.07, 6.45) is 3.30. The number of hydrogen-bond acceptors (Lipinski definition) is 3. The number of piperidine rings is 1. The molecule has 2 amide bonds. The molecule has 1 heterocycles. The fourth-order valence-electron chi connectivity index (χ4n) is 2.19. The van der Waals surface area contributed by atoms with Crippen LogP contribution >= 0.6 is 23.4 Å². The maximum atomic E-state index is 11.9. The van der Waals surface area contributed by atoms with Crippen LogP contribution in [0.3, 0.4) is 0 Å². The second-order valence-electron chi connectivity index (χ2n) is 4.94. The number of rotatable bonds is 5. The molecule has 0 bridgehead atoms. The van der Waals surface area contributed by atoms with Gasteiger partial charge < -0.3 is 10.2 Å². The van der Waals surface area contributed by atoms with Crippen molar-refractivity contribution in [3.05, 3.63) is 29.3 Å². The molecule has 0 spiro atoms. The predicted octanol–water partition coefficient (Wildman–Crippen LogP) is 2.56. The smallest absolute Gasteiger partial charge is 0.241 e. The minimum atomic E-state index is -0.148. The van der Waals surface area contributed by atoms with Crippen LogP contribution in [-0.4, -0.2) is 42.1 Å². The lowest BCUT2D eigenvalue weighted by Crippen LogP contribution is -2.42. The number of thioether (sulfide) groups is 1. The van der Waals surface area contributed by atoms with Gasteiger partial charge in [0.15, 0.2) is 0 Å². The molecule has 4 nitrogen and oxygen atoms in total. The highest BCUT2D eigenvalue weighted by atomic mass is 35.5. The van der Waals surface area contributed by atoms with E-state index in [1.165, 1.54) is 18.2 Å². The van der Waals surface area contributed by atoms with Crippen LogP contribution in [0.25, 0.3) is 0 Å². The number of benzene rings is 1. The van der Waals surface area contributed by atoms with Crippen LogP contribution in [0.1, 0.15) is 19.3 Å². The monoisotopic (exact) mass is 326 g/mol. The number of nitrogens with zero attached hydrogens (tertiary/aromatic N) is 1. The fraction of sp³-hybridized carbons (Fsp3) is 0.467. The van der Waals surface area contributed by atoms with Gasteiger partial charge in [0.05, 0.1) is 17.3 Å². The van der Waals surface area contributed by atoms with Crippen molar-refractivity contribution >= 4 is 35.2 Å². The number of nitrogens with one attached hydrogen (secondary N) is 1. The van der Waals surface area contributed by atoms with Gasteiger partial charge in [-0.3, -0.25) is 9.59 Å². The van der Waals surface area contributed by atoms with Crippen LogP contribution in [0.15, 0.2) is 29.2 Å². The molecule has 0 saturated carbocycles. The zero-order valence-electron chi connectivity index (χ0n) is 11.8. The van der Waals surface area contributed by atoms with E-state index in [9.17, 15) is 9.59 Å². The SMILES string of the molecule is O=C(CSc1ccccc1Cl)NCC(=O)N1CCCCC1. The highest BCUT2D eigenvalue weighted by molar-refractivity contribution is 8.00. The van der Waals surface area contributed by atoms with E-state index in [2.05, 4.69) is 5.32 Å². The molecule has 1 aromatic carbocycles. The van der Waals surface area contributed by atoms with Gasteiger partial charge in [0, 0.05) is 18.0 Å². The molecule has 0 aromatic heterocycles. The van der Waals surface area contributed by atoms with Gasteiger partial charge in [0.2, 0.25) is 11.8 Å². The minimum Gasteiger partial charge on any atom is -0.346 e. The maximum Gasteiger partial charge on any atom is 0.241 e. The summed E-state index contributed by atoms with van der Waals surface area (Å²) >= 11 is 7.40. The first-order chi connectivity index (χ1) is 10.2. The molecule has 1 aliphatic heterocycles. The second-order valence-corrected chi connectivity index (χ2v) is 6.36. The van der Waals surface area contributed by atoms with Gasteiger partial charge >= 0.3 is 0 Å². The largest absolute Gasteiger partial charge is 0.346 e. The van der Waals surface area contributed by atoms with Crippen LogP contribution in [0.4, 0.5) is 0 Å². The van der Waals surface area contributed by atoms with E-state index < -0.39 is 0 Å². The van der Waals surface area contributed by atoms with Crippen molar-refractivity contribution < 1.29 is 9.59 Å². The predicted molar refractivity (Wildman–Crippen MR) is 85.6 cm³/mol. The molecule has 6 heteroatoms. The first kappa shape index (κ1) is 16.2. The molecular weight excluding hydrogens is 308 g/mol. The zero-order valence-corrected chi connectivity index (χ0v) is 13.4. The molecule has 0 atom stereocenters. The van der Waals surface area contributed by atoms with Crippen LogP contribution < -0.4 is 5.32 Å². The number of carbonyl (C=O) groups is 2. The van der Waals surface area contributed by atoms with Crippen LogP contribution in [0.5, 0.6) is 0 Å². The van der Waals surface area contributed by atoms with Gasteiger partial charge in [-0.25, -0.2) is 0 Å². The molecule has 1 fully saturated rings. The Hall–Kier alpha value is -1.20. The molecule has 1 saturated heterocycles. The van der Waals surface area contributed by atoms with Crippen molar-refractivity contribution in [2.75, 3.05) is 25.4 Å². The molecule has 0 aliphatic carbocycles. The fourth-order valence-corrected chi connectivity index (χ4v) is 3.25. The van der Waals surface area contributed by atoms with Crippen molar-refractivity contribution in [2.45, 2.75) is 24.2 Å². The van der Waals surface area contributed by atoms with Gasteiger partial charge in [-0.15, -0.1) is 11.8 Å². The maximum absolute atomic E-state index is 11.9. The van der Waals surface area contributed by atoms with Gasteiger partial charge in [0.1, 0.15) is 0 Å². The number of amides is 2. The summed E-state index contributed by atoms with van der Waals surface area (Å²) in [5.41, 5.74) is 0. The van der Waals surface area contributed by atoms with E-state index in [0.717, 1.165) is 30.8 Å². The van der Waals surface area contributed by atoms with Gasteiger partial charge in [-0.05, 0) is 31.4 Å². The first-order valence-corrected chi connectivity index (χ1v) is 8.45. The third-order valence-corrected chi connectivity index (χ3v) is 4.86. The minimum absolute atomic E-state index is 0.00536. The molecule has 0 unspecified atom stereocenters. The van der Waals surface area contributed by atoms with Crippen LogP contribution in [-0.2, 0) is 9.59 Å². The molecule has 1 N–H and O–H groups in total. The molecular formula is C15H19ClN2O2S. The summed E-state index contributed by atoms with van der Waals surface area (Å²) in [5.74, 6) is 0.118. The Labute approximate surface area is 134 Å². The molecule has 1 aromatic rings. The van der Waals surface area contributed by atoms with E-state index in [1.54, 1.807) is 6.07 Å². The number of carbonyl (C=O) groups excluding carboxylic acids is 2. The standard InChI is InChI=1S/C15H19ClN2O2S/c16-12-6-2-3-7-13(12)21-11-14(19)17-10-15(20)18-8-4-1-5-9-18/h2-3,6-7H,1,4-5,8-11H2,(H,17,19). The number of likely N-dealkylation sites (tertiary alicyclic amines) is 1. The lowest BCUT2D eigenvalue weighted by atomic mass is 10.1. The Kier molecular flexibility index (Phi) is 6.39. The third kappa shape index (κ3) is 5.25. The quantitative estimate of drug-likeness (QED) is 0.846. The summed E-state index contributed by atoms with van der Waals surface area (Å²) in [7, 11) is 0. The topological polar surface area (TPSA) is 49.4 Å². The van der Waals surface area contributed by atoms with Crippen molar-refractivity contribution in [3.63, 3.8) is 0 Å². The second kappa shape index (κ2) is 8.29. The van der Waals surface area contributed by atoms with Gasteiger partial charge in [-0.1, -0.05) is 23.7 Å². The molecule has 2 rings (SSSR count). The summed E-state index contributed by atoms with van der Waals surface area (Å²) in [5, 5.41) is 3.31. The van der Waals surface area contributed by atoms with E-state index in [-0.39, 0.29) is 24.1 Å². The molecule has 0 radical (unpaired) electrons. The van der Waals surface area contributed by atoms with Crippen molar-refractivity contribution in [1.29, 1.82) is 0 Å². The average Bonchev–Trinajstić information content (AvgIpc) is 2.52. The summed E-state index contributed by atoms with van der Waals surface area (Å²) < 4.78 is 0. The average molecular weight is 327 g/mol. The number of hydrogen-bond donors (Lipinski definition) is 1. The van der Waals surface area contributed by atoms with Gasteiger partial charge in [0.25, 0.3) is 0 Å². The Balaban J connectivity index is 1.70. The Bertz CT molecular complexity index is 504. The van der Waals surface area contributed by atoms with Gasteiger partial charge in [-0.2, -0.15) is 0 Å². The Morgan fingerprint density at radius 1 is 1.19 bits per heavy atom. The Morgan fingerprint density at radius 3 is 2.62 bits per heavy atom. The van der Waals surface area contributed by atoms with E-state index in [0.29, 0.717) is 5.02 Å². The van der Waals surface area contributed by atoms with Crippen molar-refractivity contribution in [1.82, 2.24) is 10.2 Å². The summed E-state index contributed by atoms with van der Waals surface area (Å²) in [6.45, 7) is 1.70. The molecule has 1 aliphatic rings. The van der Waals surface area contributed by atoms with Crippen molar-refractivity contribution in [2.24, 2.45) is 0 Å². The summed E-state index contributed by atoms with van der Waals surface area (Å²) in [4.78, 5) is 26.4. The van der Waals surface area contributed by atoms with E-state index in [4.69, 9.17) is 11.6 Å². The van der Waals surface area contributed by atoms with E-state index in [1.807, 2.05) is 23.1 Å². The first-order valence-electron chi connectivity index (χ1n) is 7.08. The molecule has 114 valence electrons. The lowest BCUT2D eigenvalue weighted by molar-refractivity contribution is -0.133. The molecule has 21 heavy (non-hydrogen) atoms. The van der Waals surface area contributed by atoms with Crippen LogP contribution in [0.2, 0.25) is 5.02 Å².